The number of hydrogen-bond acceptors (Lipinski definition) is 9. The van der Waals surface area contributed by atoms with Gasteiger partial charge in [0.15, 0.2) is 11.5 Å². The summed E-state index contributed by atoms with van der Waals surface area (Å²) in [5, 5.41) is 29.9. The predicted octanol–water partition coefficient (Wildman–Crippen LogP) is 5.12. The Morgan fingerprint density at radius 3 is 2.38 bits per heavy atom. The highest BCUT2D eigenvalue weighted by Crippen LogP contribution is 2.43. The fourth-order valence-corrected chi connectivity index (χ4v) is 5.38. The van der Waals surface area contributed by atoms with Crippen molar-refractivity contribution in [3.63, 3.8) is 0 Å². The number of benzene rings is 3. The molecule has 1 atom stereocenters. The van der Waals surface area contributed by atoms with Crippen molar-refractivity contribution in [3.05, 3.63) is 94.2 Å². The lowest BCUT2D eigenvalue weighted by molar-refractivity contribution is -0.114. The van der Waals surface area contributed by atoms with Gasteiger partial charge in [-0.1, -0.05) is 36.0 Å². The van der Waals surface area contributed by atoms with Gasteiger partial charge >= 0.3 is 0 Å². The Bertz CT molecular complexity index is 1600. The van der Waals surface area contributed by atoms with E-state index in [1.807, 2.05) is 6.07 Å². The number of amides is 2. The van der Waals surface area contributed by atoms with Crippen molar-refractivity contribution in [2.24, 2.45) is 0 Å². The first-order valence-corrected chi connectivity index (χ1v) is 13.8. The van der Waals surface area contributed by atoms with Crippen LogP contribution in [0.3, 0.4) is 0 Å². The topological polar surface area (TPSA) is 142 Å². The minimum Gasteiger partial charge on any atom is -0.504 e. The van der Waals surface area contributed by atoms with Crippen molar-refractivity contribution in [1.82, 2.24) is 5.32 Å². The Morgan fingerprint density at radius 1 is 0.976 bits per heavy atom. The maximum atomic E-state index is 13.6. The Labute approximate surface area is 248 Å². The van der Waals surface area contributed by atoms with Crippen molar-refractivity contribution in [3.8, 4) is 29.1 Å². The third kappa shape index (κ3) is 6.62. The number of ether oxygens (including phenoxy) is 3. The minimum atomic E-state index is -0.807. The second-order valence-electron chi connectivity index (χ2n) is 9.11. The first-order chi connectivity index (χ1) is 20.3. The number of carbonyl (C=O) groups excluding carboxylic acids is 2. The molecule has 10 nitrogen and oxygen atoms in total. The van der Waals surface area contributed by atoms with E-state index < -0.39 is 11.8 Å². The van der Waals surface area contributed by atoms with Crippen LogP contribution in [-0.2, 0) is 9.59 Å². The van der Waals surface area contributed by atoms with Crippen LogP contribution < -0.4 is 30.2 Å². The van der Waals surface area contributed by atoms with Crippen LogP contribution in [0.5, 0.6) is 23.0 Å². The lowest BCUT2D eigenvalue weighted by atomic mass is 9.82. The quantitative estimate of drug-likeness (QED) is 0.254. The lowest BCUT2D eigenvalue weighted by Gasteiger charge is -2.30. The highest BCUT2D eigenvalue weighted by Gasteiger charge is 2.35. The summed E-state index contributed by atoms with van der Waals surface area (Å²) in [5.74, 6) is -0.445. The van der Waals surface area contributed by atoms with Gasteiger partial charge < -0.3 is 35.3 Å². The number of nitrogens with zero attached hydrogens (tertiary/aromatic N) is 1. The molecule has 4 N–H and O–H groups in total. The summed E-state index contributed by atoms with van der Waals surface area (Å²) in [6.07, 6.45) is 0. The third-order valence-corrected chi connectivity index (χ3v) is 7.51. The Kier molecular flexibility index (Phi) is 9.62. The number of phenols is 1. The molecule has 1 heterocycles. The third-order valence-electron chi connectivity index (χ3n) is 6.49. The van der Waals surface area contributed by atoms with E-state index in [1.165, 1.54) is 27.4 Å². The lowest BCUT2D eigenvalue weighted by Crippen LogP contribution is -2.31. The highest BCUT2D eigenvalue weighted by atomic mass is 32.2. The molecular weight excluding hydrogens is 556 g/mol. The van der Waals surface area contributed by atoms with Crippen LogP contribution in [0.25, 0.3) is 0 Å². The van der Waals surface area contributed by atoms with Crippen LogP contribution in [0.15, 0.2) is 88.6 Å². The monoisotopic (exact) mass is 586 g/mol. The largest absolute Gasteiger partial charge is 0.504 e. The number of rotatable bonds is 10. The van der Waals surface area contributed by atoms with Crippen molar-refractivity contribution in [1.29, 1.82) is 5.26 Å². The van der Waals surface area contributed by atoms with E-state index in [1.54, 1.807) is 61.5 Å². The summed E-state index contributed by atoms with van der Waals surface area (Å²) in [6, 6.07) is 21.0. The SMILES string of the molecule is COc1ccc(OC)c(NC(=O)CSC2=C(C#N)[C@H](c3ccc(O)c(OC)c3)C(C(=O)Nc3ccccc3)=C(C)N2)c1. The number of aromatic hydroxyl groups is 1. The van der Waals surface area contributed by atoms with E-state index in [0.29, 0.717) is 44.7 Å². The Hall–Kier alpha value is -5.08. The van der Waals surface area contributed by atoms with Gasteiger partial charge in [0, 0.05) is 23.0 Å². The van der Waals surface area contributed by atoms with Crippen LogP contribution in [0, 0.1) is 11.3 Å². The first-order valence-electron chi connectivity index (χ1n) is 12.8. The van der Waals surface area contributed by atoms with Crippen molar-refractivity contribution < 1.29 is 28.9 Å². The molecule has 3 aromatic carbocycles. The molecule has 0 spiro atoms. The maximum absolute atomic E-state index is 13.6. The molecule has 0 saturated heterocycles. The van der Waals surface area contributed by atoms with E-state index in [-0.39, 0.29) is 28.7 Å². The van der Waals surface area contributed by atoms with Gasteiger partial charge in [0.25, 0.3) is 5.91 Å². The van der Waals surface area contributed by atoms with Crippen LogP contribution in [0.4, 0.5) is 11.4 Å². The predicted molar refractivity (Wildman–Crippen MR) is 162 cm³/mol. The van der Waals surface area contributed by atoms with Crippen LogP contribution >= 0.6 is 11.8 Å². The van der Waals surface area contributed by atoms with Gasteiger partial charge in [-0.3, -0.25) is 9.59 Å². The Morgan fingerprint density at radius 2 is 1.71 bits per heavy atom. The molecule has 0 saturated carbocycles. The average molecular weight is 587 g/mol. The molecule has 0 unspecified atom stereocenters. The fraction of sp³-hybridized carbons (Fsp3) is 0.194. The van der Waals surface area contributed by atoms with Gasteiger partial charge in [-0.25, -0.2) is 0 Å². The molecule has 0 aromatic heterocycles. The second-order valence-corrected chi connectivity index (χ2v) is 10.1. The molecule has 216 valence electrons. The van der Waals surface area contributed by atoms with Crippen molar-refractivity contribution in [2.45, 2.75) is 12.8 Å². The van der Waals surface area contributed by atoms with Crippen molar-refractivity contribution in [2.75, 3.05) is 37.7 Å². The number of allylic oxidation sites excluding steroid dienone is 2. The van der Waals surface area contributed by atoms with Gasteiger partial charge in [0.05, 0.1) is 55.4 Å². The number of thioether (sulfide) groups is 1. The maximum Gasteiger partial charge on any atom is 0.254 e. The van der Waals surface area contributed by atoms with Gasteiger partial charge in [-0.15, -0.1) is 0 Å². The second kappa shape index (κ2) is 13.5. The molecule has 1 aliphatic rings. The molecule has 3 aromatic rings. The number of dihydropyridines is 1. The first kappa shape index (κ1) is 29.9. The number of methoxy groups -OCH3 is 3. The number of hydrogen-bond donors (Lipinski definition) is 4. The number of carbonyl (C=O) groups is 2. The average Bonchev–Trinajstić information content (AvgIpc) is 3.00. The van der Waals surface area contributed by atoms with E-state index >= 15 is 0 Å². The molecule has 0 fully saturated rings. The molecule has 1 aliphatic heterocycles. The summed E-state index contributed by atoms with van der Waals surface area (Å²) in [5.41, 5.74) is 2.66. The van der Waals surface area contributed by atoms with Gasteiger partial charge in [-0.05, 0) is 48.9 Å². The van der Waals surface area contributed by atoms with E-state index in [9.17, 15) is 20.0 Å². The summed E-state index contributed by atoms with van der Waals surface area (Å²) in [7, 11) is 4.45. The number of nitriles is 1. The van der Waals surface area contributed by atoms with Gasteiger partial charge in [-0.2, -0.15) is 5.26 Å². The molecule has 11 heteroatoms. The van der Waals surface area contributed by atoms with Crippen molar-refractivity contribution >= 4 is 35.0 Å². The van der Waals surface area contributed by atoms with E-state index in [0.717, 1.165) is 11.8 Å². The summed E-state index contributed by atoms with van der Waals surface area (Å²) >= 11 is 1.13. The normalized spacial score (nSPS) is 14.4. The number of anilines is 2. The molecule has 0 radical (unpaired) electrons. The summed E-state index contributed by atoms with van der Waals surface area (Å²) in [4.78, 5) is 26.6. The highest BCUT2D eigenvalue weighted by molar-refractivity contribution is 8.03. The molecular formula is C31H30N4O6S. The smallest absolute Gasteiger partial charge is 0.254 e. The zero-order valence-electron chi connectivity index (χ0n) is 23.5. The van der Waals surface area contributed by atoms with E-state index in [2.05, 4.69) is 22.0 Å². The van der Waals surface area contributed by atoms with E-state index in [4.69, 9.17) is 14.2 Å². The molecule has 42 heavy (non-hydrogen) atoms. The fourth-order valence-electron chi connectivity index (χ4n) is 4.49. The zero-order valence-corrected chi connectivity index (χ0v) is 24.3. The number of nitrogens with one attached hydrogen (secondary N) is 3. The Balaban J connectivity index is 1.66. The molecule has 0 bridgehead atoms. The summed E-state index contributed by atoms with van der Waals surface area (Å²) < 4.78 is 15.9. The van der Waals surface area contributed by atoms with Crippen LogP contribution in [-0.4, -0.2) is 44.0 Å². The van der Waals surface area contributed by atoms with Gasteiger partial charge in [0.1, 0.15) is 11.5 Å². The van der Waals surface area contributed by atoms with Crippen LogP contribution in [0.2, 0.25) is 0 Å². The standard InChI is InChI=1S/C31H30N4O6S/c1-18-28(30(38)34-20-8-6-5-7-9-20)29(19-10-12-24(36)26(14-19)41-4)22(16-32)31(33-18)42-17-27(37)35-23-15-21(39-2)11-13-25(23)40-3/h5-15,29,33,36H,17H2,1-4H3,(H,34,38)(H,35,37)/t29-/m0/s1. The molecule has 4 rings (SSSR count). The molecule has 2 amide bonds. The number of para-hydroxylation sites is 1. The molecule has 0 aliphatic carbocycles. The van der Waals surface area contributed by atoms with Crippen LogP contribution in [0.1, 0.15) is 18.4 Å². The van der Waals surface area contributed by atoms with Gasteiger partial charge in [0.2, 0.25) is 5.91 Å². The summed E-state index contributed by atoms with van der Waals surface area (Å²) in [6.45, 7) is 1.74. The zero-order chi connectivity index (χ0) is 30.2. The minimum absolute atomic E-state index is 0.0433. The number of phenolic OH excluding ortho intramolecular Hbond substituents is 1.